The zero-order chi connectivity index (χ0) is 12.2. The molecule has 1 atom stereocenters. The molecule has 0 radical (unpaired) electrons. The number of rotatable bonds is 4. The molecule has 1 aliphatic heterocycles. The highest BCUT2D eigenvalue weighted by Gasteiger charge is 2.45. The highest BCUT2D eigenvalue weighted by atomic mass is 32.2. The molecule has 16 heavy (non-hydrogen) atoms. The molecule has 2 N–H and O–H groups in total. The van der Waals surface area contributed by atoms with E-state index in [1.807, 2.05) is 0 Å². The molecule has 0 bridgehead atoms. The lowest BCUT2D eigenvalue weighted by Gasteiger charge is -2.23. The molecule has 0 aliphatic carbocycles. The average molecular weight is 260 g/mol. The summed E-state index contributed by atoms with van der Waals surface area (Å²) in [7, 11) is -5.18. The molecule has 0 aromatic heterocycles. The van der Waals surface area contributed by atoms with Gasteiger partial charge in [0.1, 0.15) is 0 Å². The second kappa shape index (κ2) is 5.33. The van der Waals surface area contributed by atoms with Gasteiger partial charge >= 0.3 is 15.5 Å². The first kappa shape index (κ1) is 13.7. The maximum absolute atomic E-state index is 11.9. The first-order valence-electron chi connectivity index (χ1n) is 5.12. The van der Waals surface area contributed by atoms with E-state index in [2.05, 4.69) is 5.32 Å². The molecule has 1 unspecified atom stereocenters. The van der Waals surface area contributed by atoms with Crippen molar-refractivity contribution >= 4 is 10.0 Å². The summed E-state index contributed by atoms with van der Waals surface area (Å²) in [5.74, 6) is 0. The van der Waals surface area contributed by atoms with E-state index in [4.69, 9.17) is 0 Å². The van der Waals surface area contributed by atoms with E-state index in [9.17, 15) is 21.6 Å². The van der Waals surface area contributed by atoms with Crippen LogP contribution in [0.25, 0.3) is 0 Å². The average Bonchev–Trinajstić information content (AvgIpc) is 2.17. The molecular weight excluding hydrogens is 245 g/mol. The third-order valence-corrected chi connectivity index (χ3v) is 3.70. The number of alkyl halides is 3. The Labute approximate surface area is 92.6 Å². The summed E-state index contributed by atoms with van der Waals surface area (Å²) in [4.78, 5) is 0. The molecule has 0 aromatic carbocycles. The maximum Gasteiger partial charge on any atom is 0.511 e. The first-order valence-corrected chi connectivity index (χ1v) is 6.60. The molecule has 8 heteroatoms. The smallest absolute Gasteiger partial charge is 0.314 e. The first-order chi connectivity index (χ1) is 7.33. The third-order valence-electron chi connectivity index (χ3n) is 2.50. The molecule has 1 saturated heterocycles. The summed E-state index contributed by atoms with van der Waals surface area (Å²) in [6.07, 6.45) is 3.36. The Morgan fingerprint density at radius 2 is 2.00 bits per heavy atom. The molecule has 0 amide bonds. The molecule has 96 valence electrons. The van der Waals surface area contributed by atoms with Crippen molar-refractivity contribution in [2.24, 2.45) is 0 Å². The fourth-order valence-electron chi connectivity index (χ4n) is 1.62. The highest BCUT2D eigenvalue weighted by Crippen LogP contribution is 2.21. The van der Waals surface area contributed by atoms with Crippen LogP contribution in [0.2, 0.25) is 0 Å². The number of hydrogen-bond acceptors (Lipinski definition) is 3. The minimum Gasteiger partial charge on any atom is -0.314 e. The summed E-state index contributed by atoms with van der Waals surface area (Å²) in [6, 6.07) is 0.115. The number of hydrogen-bond donors (Lipinski definition) is 2. The second-order valence-electron chi connectivity index (χ2n) is 3.78. The zero-order valence-corrected chi connectivity index (χ0v) is 9.50. The van der Waals surface area contributed by atoms with Crippen molar-refractivity contribution in [3.63, 3.8) is 0 Å². The Balaban J connectivity index is 2.29. The van der Waals surface area contributed by atoms with Crippen LogP contribution in [0.3, 0.4) is 0 Å². The normalized spacial score (nSPS) is 23.3. The van der Waals surface area contributed by atoms with E-state index in [1.54, 1.807) is 4.72 Å². The van der Waals surface area contributed by atoms with Crippen LogP contribution in [0.5, 0.6) is 0 Å². The van der Waals surface area contributed by atoms with Crippen molar-refractivity contribution in [2.75, 3.05) is 13.1 Å². The molecule has 1 rings (SSSR count). The zero-order valence-electron chi connectivity index (χ0n) is 8.68. The fourth-order valence-corrected chi connectivity index (χ4v) is 2.17. The number of piperidine rings is 1. The van der Waals surface area contributed by atoms with Gasteiger partial charge in [-0.05, 0) is 25.8 Å². The van der Waals surface area contributed by atoms with Gasteiger partial charge in [0.15, 0.2) is 0 Å². The molecule has 0 saturated carbocycles. The highest BCUT2D eigenvalue weighted by molar-refractivity contribution is 7.90. The van der Waals surface area contributed by atoms with Gasteiger partial charge in [-0.3, -0.25) is 0 Å². The summed E-state index contributed by atoms with van der Waals surface area (Å²) >= 11 is 0. The van der Waals surface area contributed by atoms with Crippen molar-refractivity contribution in [3.8, 4) is 0 Å². The van der Waals surface area contributed by atoms with Crippen molar-refractivity contribution < 1.29 is 21.6 Å². The Kier molecular flexibility index (Phi) is 4.57. The van der Waals surface area contributed by atoms with Crippen LogP contribution in [0.1, 0.15) is 25.7 Å². The maximum atomic E-state index is 11.9. The van der Waals surface area contributed by atoms with Crippen molar-refractivity contribution in [1.29, 1.82) is 0 Å². The number of halogens is 3. The molecular formula is C8H15F3N2O2S. The minimum absolute atomic E-state index is 0.115. The Morgan fingerprint density at radius 3 is 2.50 bits per heavy atom. The summed E-state index contributed by atoms with van der Waals surface area (Å²) in [5, 5.41) is 3.13. The molecule has 1 heterocycles. The Morgan fingerprint density at radius 1 is 1.31 bits per heavy atom. The lowest BCUT2D eigenvalue weighted by molar-refractivity contribution is -0.0447. The molecule has 1 fully saturated rings. The molecule has 0 spiro atoms. The van der Waals surface area contributed by atoms with Gasteiger partial charge in [0.2, 0.25) is 0 Å². The quantitative estimate of drug-likeness (QED) is 0.791. The van der Waals surface area contributed by atoms with Crippen LogP contribution >= 0.6 is 0 Å². The van der Waals surface area contributed by atoms with Crippen LogP contribution in [0.4, 0.5) is 13.2 Å². The number of sulfonamides is 1. The fraction of sp³-hybridized carbons (Fsp3) is 1.00. The summed E-state index contributed by atoms with van der Waals surface area (Å²) < 4.78 is 58.6. The van der Waals surface area contributed by atoms with Gasteiger partial charge in [0, 0.05) is 12.6 Å². The standard InChI is InChI=1S/C8H15F3N2O2S/c9-8(10,11)16(14,15)13-6-4-7-3-1-2-5-12-7/h7,12-13H,1-6H2. The van der Waals surface area contributed by atoms with Gasteiger partial charge in [-0.2, -0.15) is 13.2 Å². The van der Waals surface area contributed by atoms with Gasteiger partial charge in [0.25, 0.3) is 0 Å². The van der Waals surface area contributed by atoms with Crippen LogP contribution in [0, 0.1) is 0 Å². The summed E-state index contributed by atoms with van der Waals surface area (Å²) in [6.45, 7) is 0.663. The Hall–Kier alpha value is -0.340. The molecule has 4 nitrogen and oxygen atoms in total. The van der Waals surface area contributed by atoms with Crippen molar-refractivity contribution in [3.05, 3.63) is 0 Å². The predicted molar refractivity (Wildman–Crippen MR) is 53.2 cm³/mol. The van der Waals surface area contributed by atoms with Crippen LogP contribution < -0.4 is 10.0 Å². The van der Waals surface area contributed by atoms with E-state index in [0.29, 0.717) is 6.42 Å². The largest absolute Gasteiger partial charge is 0.511 e. The molecule has 0 aromatic rings. The third kappa shape index (κ3) is 3.91. The number of nitrogens with one attached hydrogen (secondary N) is 2. The van der Waals surface area contributed by atoms with Gasteiger partial charge in [-0.1, -0.05) is 6.42 Å². The van der Waals surface area contributed by atoms with E-state index in [-0.39, 0.29) is 12.6 Å². The van der Waals surface area contributed by atoms with E-state index >= 15 is 0 Å². The van der Waals surface area contributed by atoms with Gasteiger partial charge < -0.3 is 5.32 Å². The van der Waals surface area contributed by atoms with Crippen molar-refractivity contribution in [1.82, 2.24) is 10.0 Å². The van der Waals surface area contributed by atoms with Crippen LogP contribution in [-0.4, -0.2) is 33.1 Å². The van der Waals surface area contributed by atoms with Gasteiger partial charge in [-0.15, -0.1) is 0 Å². The summed E-state index contributed by atoms with van der Waals surface area (Å²) in [5.41, 5.74) is -5.22. The van der Waals surface area contributed by atoms with E-state index in [1.165, 1.54) is 0 Å². The van der Waals surface area contributed by atoms with Gasteiger partial charge in [-0.25, -0.2) is 13.1 Å². The van der Waals surface area contributed by atoms with Crippen LogP contribution in [0.15, 0.2) is 0 Å². The SMILES string of the molecule is O=S(=O)(NCCC1CCCCN1)C(F)(F)F. The second-order valence-corrected chi connectivity index (χ2v) is 5.54. The monoisotopic (exact) mass is 260 g/mol. The van der Waals surface area contributed by atoms with E-state index < -0.39 is 15.5 Å². The van der Waals surface area contributed by atoms with Gasteiger partial charge in [0.05, 0.1) is 0 Å². The lowest BCUT2D eigenvalue weighted by atomic mass is 10.0. The molecule has 1 aliphatic rings. The van der Waals surface area contributed by atoms with E-state index in [0.717, 1.165) is 25.8 Å². The Bertz CT molecular complexity index is 310. The van der Waals surface area contributed by atoms with Crippen molar-refractivity contribution in [2.45, 2.75) is 37.2 Å². The topological polar surface area (TPSA) is 58.2 Å². The predicted octanol–water partition coefficient (Wildman–Crippen LogP) is 0.958. The minimum atomic E-state index is -5.22. The lowest BCUT2D eigenvalue weighted by Crippen LogP contribution is -2.40. The van der Waals surface area contributed by atoms with Crippen LogP contribution in [-0.2, 0) is 10.0 Å².